The van der Waals surface area contributed by atoms with Gasteiger partial charge in [-0.3, -0.25) is 4.79 Å². The second kappa shape index (κ2) is 6.15. The van der Waals surface area contributed by atoms with Crippen LogP contribution in [0.4, 0.5) is 4.39 Å². The fourth-order valence-corrected chi connectivity index (χ4v) is 1.91. The van der Waals surface area contributed by atoms with Gasteiger partial charge in [-0.1, -0.05) is 6.92 Å². The zero-order valence-corrected chi connectivity index (χ0v) is 13.0. The molecule has 122 valence electrons. The zero-order valence-electron chi connectivity index (χ0n) is 13.0. The molecule has 0 bridgehead atoms. The molecule has 0 saturated heterocycles. The van der Waals surface area contributed by atoms with Crippen LogP contribution in [0.5, 0.6) is 0 Å². The van der Waals surface area contributed by atoms with Gasteiger partial charge in [-0.2, -0.15) is 0 Å². The van der Waals surface area contributed by atoms with Crippen molar-refractivity contribution in [3.63, 3.8) is 0 Å². The first-order valence-corrected chi connectivity index (χ1v) is 7.02. The molecule has 1 amide bonds. The number of nitrogens with one attached hydrogen (secondary N) is 1. The Bertz CT molecular complexity index is 742. The number of benzene rings is 1. The summed E-state index contributed by atoms with van der Waals surface area (Å²) in [5.41, 5.74) is -0.848. The molecule has 0 aliphatic rings. The van der Waals surface area contributed by atoms with Gasteiger partial charge in [0.05, 0.1) is 5.69 Å². The number of nitrogens with zero attached hydrogens (tertiary/aromatic N) is 3. The Morgan fingerprint density at radius 3 is 2.48 bits per heavy atom. The van der Waals surface area contributed by atoms with Crippen LogP contribution < -0.4 is 5.32 Å². The molecule has 1 heterocycles. The van der Waals surface area contributed by atoms with Crippen LogP contribution in [-0.2, 0) is 4.79 Å². The molecule has 0 aliphatic carbocycles. The van der Waals surface area contributed by atoms with E-state index in [1.54, 1.807) is 13.8 Å². The van der Waals surface area contributed by atoms with Crippen molar-refractivity contribution < 1.29 is 19.1 Å². The highest BCUT2D eigenvalue weighted by Crippen LogP contribution is 2.13. The third kappa shape index (κ3) is 3.36. The van der Waals surface area contributed by atoms with Crippen molar-refractivity contribution in [2.45, 2.75) is 32.7 Å². The smallest absolute Gasteiger partial charge is 0.329 e. The van der Waals surface area contributed by atoms with Crippen LogP contribution in [0.3, 0.4) is 0 Å². The highest BCUT2D eigenvalue weighted by Gasteiger charge is 2.34. The Kier molecular flexibility index (Phi) is 4.44. The highest BCUT2D eigenvalue weighted by molar-refractivity contribution is 5.94. The molecule has 1 atom stereocenters. The predicted molar refractivity (Wildman–Crippen MR) is 79.9 cm³/mol. The third-order valence-electron chi connectivity index (χ3n) is 3.61. The summed E-state index contributed by atoms with van der Waals surface area (Å²) in [5.74, 6) is -1.92. The van der Waals surface area contributed by atoms with Crippen LogP contribution in [-0.4, -0.2) is 37.3 Å². The average molecular weight is 320 g/mol. The van der Waals surface area contributed by atoms with Crippen molar-refractivity contribution in [1.29, 1.82) is 0 Å². The minimum Gasteiger partial charge on any atom is -0.480 e. The van der Waals surface area contributed by atoms with Gasteiger partial charge in [0.25, 0.3) is 5.91 Å². The number of carbonyl (C=O) groups excluding carboxylic acids is 1. The van der Waals surface area contributed by atoms with Crippen molar-refractivity contribution in [3.8, 4) is 5.69 Å². The summed E-state index contributed by atoms with van der Waals surface area (Å²) in [7, 11) is 0. The van der Waals surface area contributed by atoms with E-state index in [0.29, 0.717) is 11.5 Å². The average Bonchev–Trinajstić information content (AvgIpc) is 2.90. The maximum Gasteiger partial charge on any atom is 0.329 e. The Balaban J connectivity index is 2.28. The number of aryl methyl sites for hydroxylation is 1. The van der Waals surface area contributed by atoms with E-state index >= 15 is 0 Å². The first-order chi connectivity index (χ1) is 10.8. The number of hydrogen-bond donors (Lipinski definition) is 2. The number of rotatable bonds is 5. The number of carboxylic acid groups (broad SMARTS) is 1. The molecule has 1 aromatic carbocycles. The number of hydrogen-bond acceptors (Lipinski definition) is 4. The van der Waals surface area contributed by atoms with Gasteiger partial charge in [-0.05, 0) is 44.5 Å². The lowest BCUT2D eigenvalue weighted by Gasteiger charge is -2.23. The first kappa shape index (κ1) is 16.6. The Hall–Kier alpha value is -2.77. The highest BCUT2D eigenvalue weighted by atomic mass is 19.1. The first-order valence-electron chi connectivity index (χ1n) is 7.02. The lowest BCUT2D eigenvalue weighted by molar-refractivity contribution is -0.143. The number of halogens is 1. The molecule has 0 saturated carbocycles. The van der Waals surface area contributed by atoms with E-state index in [9.17, 15) is 19.1 Å². The van der Waals surface area contributed by atoms with E-state index in [1.807, 2.05) is 0 Å². The largest absolute Gasteiger partial charge is 0.480 e. The second-order valence-corrected chi connectivity index (χ2v) is 5.32. The van der Waals surface area contributed by atoms with Gasteiger partial charge in [0.15, 0.2) is 0 Å². The number of aromatic nitrogens is 3. The molecule has 2 N–H and O–H groups in total. The predicted octanol–water partition coefficient (Wildman–Crippen LogP) is 1.70. The quantitative estimate of drug-likeness (QED) is 0.874. The van der Waals surface area contributed by atoms with Crippen molar-refractivity contribution in [2.75, 3.05) is 0 Å². The van der Waals surface area contributed by atoms with Gasteiger partial charge in [-0.25, -0.2) is 18.9 Å². The summed E-state index contributed by atoms with van der Waals surface area (Å²) in [5, 5.41) is 15.7. The van der Waals surface area contributed by atoms with Crippen LogP contribution in [0.25, 0.3) is 5.69 Å². The maximum atomic E-state index is 13.0. The van der Waals surface area contributed by atoms with Gasteiger partial charge in [0.1, 0.15) is 17.2 Å². The van der Waals surface area contributed by atoms with E-state index in [0.717, 1.165) is 0 Å². The number of carboxylic acids is 1. The fourth-order valence-electron chi connectivity index (χ4n) is 1.91. The van der Waals surface area contributed by atoms with E-state index in [2.05, 4.69) is 15.4 Å². The third-order valence-corrected chi connectivity index (χ3v) is 3.61. The molecule has 0 aliphatic heterocycles. The lowest BCUT2D eigenvalue weighted by atomic mass is 9.99. The topological polar surface area (TPSA) is 97.1 Å². The molecule has 23 heavy (non-hydrogen) atoms. The van der Waals surface area contributed by atoms with Crippen LogP contribution in [0, 0.1) is 12.7 Å². The number of carbonyl (C=O) groups is 2. The van der Waals surface area contributed by atoms with Gasteiger partial charge < -0.3 is 10.4 Å². The monoisotopic (exact) mass is 320 g/mol. The van der Waals surface area contributed by atoms with Crippen molar-refractivity contribution in [2.24, 2.45) is 0 Å². The second-order valence-electron chi connectivity index (χ2n) is 5.32. The van der Waals surface area contributed by atoms with Gasteiger partial charge in [0.2, 0.25) is 5.82 Å². The zero-order chi connectivity index (χ0) is 17.2. The van der Waals surface area contributed by atoms with Crippen molar-refractivity contribution in [3.05, 3.63) is 41.7 Å². The molecule has 0 radical (unpaired) electrons. The van der Waals surface area contributed by atoms with E-state index < -0.39 is 17.4 Å². The van der Waals surface area contributed by atoms with Crippen LogP contribution in [0.15, 0.2) is 24.3 Å². The van der Waals surface area contributed by atoms with Crippen molar-refractivity contribution in [1.82, 2.24) is 20.1 Å². The molecule has 8 heteroatoms. The molecular formula is C15H17FN4O3. The number of amides is 1. The molecule has 2 aromatic rings. The van der Waals surface area contributed by atoms with Crippen molar-refractivity contribution >= 4 is 11.9 Å². The van der Waals surface area contributed by atoms with E-state index in [-0.39, 0.29) is 18.1 Å². The van der Waals surface area contributed by atoms with Gasteiger partial charge in [0, 0.05) is 0 Å². The molecule has 0 fully saturated rings. The van der Waals surface area contributed by atoms with Crippen LogP contribution in [0.2, 0.25) is 0 Å². The van der Waals surface area contributed by atoms with Gasteiger partial charge >= 0.3 is 5.97 Å². The molecule has 1 aromatic heterocycles. The summed E-state index contributed by atoms with van der Waals surface area (Å²) in [6.07, 6.45) is 0.214. The van der Waals surface area contributed by atoms with E-state index in [4.69, 9.17) is 0 Å². The molecule has 1 unspecified atom stereocenters. The molecule has 7 nitrogen and oxygen atoms in total. The Labute approximate surface area is 132 Å². The summed E-state index contributed by atoms with van der Waals surface area (Å²) >= 11 is 0. The molecule has 0 spiro atoms. The maximum absolute atomic E-state index is 13.0. The SMILES string of the molecule is CCC(C)(NC(=O)c1nc(C)n(-c2ccc(F)cc2)n1)C(=O)O. The Morgan fingerprint density at radius 1 is 1.35 bits per heavy atom. The summed E-state index contributed by atoms with van der Waals surface area (Å²) in [4.78, 5) is 27.5. The Morgan fingerprint density at radius 2 is 1.96 bits per heavy atom. The molecule has 2 rings (SSSR count). The lowest BCUT2D eigenvalue weighted by Crippen LogP contribution is -2.52. The number of aliphatic carboxylic acids is 1. The minimum atomic E-state index is -1.40. The fraction of sp³-hybridized carbons (Fsp3) is 0.333. The summed E-state index contributed by atoms with van der Waals surface area (Å²) in [6, 6.07) is 5.56. The minimum absolute atomic E-state index is 0.146. The summed E-state index contributed by atoms with van der Waals surface area (Å²) < 4.78 is 14.4. The van der Waals surface area contributed by atoms with Crippen LogP contribution >= 0.6 is 0 Å². The van der Waals surface area contributed by atoms with E-state index in [1.165, 1.54) is 35.9 Å². The normalized spacial score (nSPS) is 13.4. The molecular weight excluding hydrogens is 303 g/mol. The summed E-state index contributed by atoms with van der Waals surface area (Å²) in [6.45, 7) is 4.71. The van der Waals surface area contributed by atoms with Crippen LogP contribution in [0.1, 0.15) is 36.7 Å². The van der Waals surface area contributed by atoms with Gasteiger partial charge in [-0.15, -0.1) is 5.10 Å². The standard InChI is InChI=1S/C15H17FN4O3/c1-4-15(3,14(22)23)18-13(21)12-17-9(2)20(19-12)11-7-5-10(16)6-8-11/h5-8H,4H2,1-3H3,(H,18,21)(H,22,23).